The van der Waals surface area contributed by atoms with E-state index in [0.29, 0.717) is 11.6 Å². The molecule has 0 bridgehead atoms. The monoisotopic (exact) mass is 295 g/mol. The van der Waals surface area contributed by atoms with E-state index in [1.54, 1.807) is 6.07 Å². The van der Waals surface area contributed by atoms with Crippen molar-refractivity contribution >= 4 is 11.7 Å². The Balaban J connectivity index is 2.24. The molecule has 0 unspecified atom stereocenters. The predicted molar refractivity (Wildman–Crippen MR) is 71.4 cm³/mol. The Morgan fingerprint density at radius 2 is 1.81 bits per heavy atom. The van der Waals surface area contributed by atoms with Crippen molar-refractivity contribution < 1.29 is 22.7 Å². The minimum absolute atomic E-state index is 0.00413. The summed E-state index contributed by atoms with van der Waals surface area (Å²) in [6, 6.07) is 7.56. The highest BCUT2D eigenvalue weighted by Gasteiger charge is 2.16. The molecular weight excluding hydrogens is 283 g/mol. The summed E-state index contributed by atoms with van der Waals surface area (Å²) in [7, 11) is 1.09. The average molecular weight is 295 g/mol. The van der Waals surface area contributed by atoms with E-state index in [4.69, 9.17) is 0 Å². The van der Waals surface area contributed by atoms with Gasteiger partial charge >= 0.3 is 5.97 Å². The van der Waals surface area contributed by atoms with Crippen LogP contribution in [-0.4, -0.2) is 13.1 Å². The number of esters is 1. The SMILES string of the molecule is COC(=O)c1cc(NCc2ccccc2F)c(F)cc1F. The van der Waals surface area contributed by atoms with Crippen LogP contribution < -0.4 is 5.32 Å². The molecule has 1 N–H and O–H groups in total. The number of hydrogen-bond donors (Lipinski definition) is 1. The van der Waals surface area contributed by atoms with Gasteiger partial charge in [0.25, 0.3) is 0 Å². The number of carbonyl (C=O) groups excluding carboxylic acids is 1. The van der Waals surface area contributed by atoms with E-state index >= 15 is 0 Å². The lowest BCUT2D eigenvalue weighted by atomic mass is 10.1. The van der Waals surface area contributed by atoms with E-state index in [1.165, 1.54) is 18.2 Å². The lowest BCUT2D eigenvalue weighted by molar-refractivity contribution is 0.0595. The first-order chi connectivity index (χ1) is 10.0. The van der Waals surface area contributed by atoms with Crippen molar-refractivity contribution in [3.8, 4) is 0 Å². The summed E-state index contributed by atoms with van der Waals surface area (Å²) < 4.78 is 45.0. The fourth-order valence-electron chi connectivity index (χ4n) is 1.78. The molecule has 6 heteroatoms. The van der Waals surface area contributed by atoms with E-state index < -0.39 is 29.0 Å². The number of hydrogen-bond acceptors (Lipinski definition) is 3. The van der Waals surface area contributed by atoms with E-state index in [0.717, 1.165) is 13.2 Å². The van der Waals surface area contributed by atoms with Gasteiger partial charge in [0.15, 0.2) is 0 Å². The van der Waals surface area contributed by atoms with Gasteiger partial charge in [0.1, 0.15) is 17.5 Å². The molecule has 0 saturated carbocycles. The van der Waals surface area contributed by atoms with Gasteiger partial charge in [0.2, 0.25) is 0 Å². The van der Waals surface area contributed by atoms with Crippen molar-refractivity contribution in [2.24, 2.45) is 0 Å². The van der Waals surface area contributed by atoms with E-state index in [1.807, 2.05) is 0 Å². The fourth-order valence-corrected chi connectivity index (χ4v) is 1.78. The van der Waals surface area contributed by atoms with Crippen LogP contribution in [0.15, 0.2) is 36.4 Å². The Morgan fingerprint density at radius 3 is 2.48 bits per heavy atom. The van der Waals surface area contributed by atoms with Gasteiger partial charge in [-0.25, -0.2) is 18.0 Å². The Kier molecular flexibility index (Phi) is 4.47. The zero-order valence-corrected chi connectivity index (χ0v) is 11.1. The molecule has 0 spiro atoms. The Labute approximate surface area is 119 Å². The first-order valence-corrected chi connectivity index (χ1v) is 6.07. The second kappa shape index (κ2) is 6.30. The number of nitrogens with one attached hydrogen (secondary N) is 1. The van der Waals surface area contributed by atoms with Gasteiger partial charge in [-0.1, -0.05) is 18.2 Å². The molecule has 0 aliphatic heterocycles. The Morgan fingerprint density at radius 1 is 1.10 bits per heavy atom. The molecule has 0 fully saturated rings. The number of methoxy groups -OCH3 is 1. The molecule has 0 saturated heterocycles. The number of carbonyl (C=O) groups is 1. The number of benzene rings is 2. The smallest absolute Gasteiger partial charge is 0.340 e. The zero-order chi connectivity index (χ0) is 15.4. The van der Waals surface area contributed by atoms with E-state index in [9.17, 15) is 18.0 Å². The summed E-state index contributed by atoms with van der Waals surface area (Å²) in [5.74, 6) is -3.26. The van der Waals surface area contributed by atoms with Crippen molar-refractivity contribution in [2.75, 3.05) is 12.4 Å². The highest BCUT2D eigenvalue weighted by atomic mass is 19.1. The Bertz CT molecular complexity index is 674. The van der Waals surface area contributed by atoms with Crippen LogP contribution in [-0.2, 0) is 11.3 Å². The minimum Gasteiger partial charge on any atom is -0.465 e. The van der Waals surface area contributed by atoms with Crippen LogP contribution in [0.4, 0.5) is 18.9 Å². The van der Waals surface area contributed by atoms with Gasteiger partial charge in [-0.15, -0.1) is 0 Å². The summed E-state index contributed by atoms with van der Waals surface area (Å²) in [6.07, 6.45) is 0. The van der Waals surface area contributed by atoms with Crippen LogP contribution in [0.1, 0.15) is 15.9 Å². The third-order valence-corrected chi connectivity index (χ3v) is 2.89. The molecule has 21 heavy (non-hydrogen) atoms. The number of halogens is 3. The summed E-state index contributed by atoms with van der Waals surface area (Å²) in [5, 5.41) is 2.63. The molecule has 2 aromatic rings. The van der Waals surface area contributed by atoms with Crippen molar-refractivity contribution in [3.63, 3.8) is 0 Å². The standard InChI is InChI=1S/C15H12F3NO2/c1-21-15(20)10-6-14(13(18)7-12(10)17)19-8-9-4-2-3-5-11(9)16/h2-7,19H,8H2,1H3. The van der Waals surface area contributed by atoms with Crippen LogP contribution in [0.3, 0.4) is 0 Å². The first kappa shape index (κ1) is 14.9. The van der Waals surface area contributed by atoms with Crippen LogP contribution in [0, 0.1) is 17.5 Å². The maximum absolute atomic E-state index is 13.7. The van der Waals surface area contributed by atoms with Crippen molar-refractivity contribution in [3.05, 3.63) is 65.0 Å². The predicted octanol–water partition coefficient (Wildman–Crippen LogP) is 3.50. The highest BCUT2D eigenvalue weighted by molar-refractivity contribution is 5.90. The number of rotatable bonds is 4. The molecule has 0 radical (unpaired) electrons. The van der Waals surface area contributed by atoms with Gasteiger partial charge in [0.05, 0.1) is 18.4 Å². The molecule has 0 aliphatic rings. The number of anilines is 1. The molecule has 0 atom stereocenters. The van der Waals surface area contributed by atoms with E-state index in [2.05, 4.69) is 10.1 Å². The zero-order valence-electron chi connectivity index (χ0n) is 11.1. The lowest BCUT2D eigenvalue weighted by Crippen LogP contribution is -2.09. The average Bonchev–Trinajstić information content (AvgIpc) is 2.47. The summed E-state index contributed by atoms with van der Waals surface area (Å²) in [5.41, 5.74) is -0.184. The van der Waals surface area contributed by atoms with Crippen LogP contribution in [0.25, 0.3) is 0 Å². The molecule has 0 heterocycles. The van der Waals surface area contributed by atoms with Gasteiger partial charge in [-0.05, 0) is 12.1 Å². The van der Waals surface area contributed by atoms with Crippen molar-refractivity contribution in [1.29, 1.82) is 0 Å². The third-order valence-electron chi connectivity index (χ3n) is 2.89. The van der Waals surface area contributed by atoms with Crippen LogP contribution >= 0.6 is 0 Å². The maximum atomic E-state index is 13.7. The van der Waals surface area contributed by atoms with Crippen molar-refractivity contribution in [2.45, 2.75) is 6.54 Å². The second-order valence-corrected chi connectivity index (χ2v) is 4.25. The van der Waals surface area contributed by atoms with Gasteiger partial charge < -0.3 is 10.1 Å². The van der Waals surface area contributed by atoms with Crippen LogP contribution in [0.2, 0.25) is 0 Å². The highest BCUT2D eigenvalue weighted by Crippen LogP contribution is 2.21. The van der Waals surface area contributed by atoms with E-state index in [-0.39, 0.29) is 12.2 Å². The molecule has 2 rings (SSSR count). The largest absolute Gasteiger partial charge is 0.465 e. The van der Waals surface area contributed by atoms with Gasteiger partial charge in [-0.2, -0.15) is 0 Å². The second-order valence-electron chi connectivity index (χ2n) is 4.25. The molecule has 0 aromatic heterocycles. The third kappa shape index (κ3) is 3.34. The minimum atomic E-state index is -1.02. The molecule has 0 amide bonds. The topological polar surface area (TPSA) is 38.3 Å². The lowest BCUT2D eigenvalue weighted by Gasteiger charge is -2.10. The first-order valence-electron chi connectivity index (χ1n) is 6.07. The molecule has 3 nitrogen and oxygen atoms in total. The van der Waals surface area contributed by atoms with Gasteiger partial charge in [0, 0.05) is 18.2 Å². The Hall–Kier alpha value is -2.50. The molecule has 110 valence electrons. The quantitative estimate of drug-likeness (QED) is 0.877. The van der Waals surface area contributed by atoms with Gasteiger partial charge in [-0.3, -0.25) is 0 Å². The maximum Gasteiger partial charge on any atom is 0.340 e. The van der Waals surface area contributed by atoms with Crippen molar-refractivity contribution in [1.82, 2.24) is 0 Å². The van der Waals surface area contributed by atoms with Crippen LogP contribution in [0.5, 0.6) is 0 Å². The molecule has 2 aromatic carbocycles. The molecule has 0 aliphatic carbocycles. The summed E-state index contributed by atoms with van der Waals surface area (Å²) in [4.78, 5) is 11.4. The normalized spacial score (nSPS) is 10.3. The summed E-state index contributed by atoms with van der Waals surface area (Å²) >= 11 is 0. The summed E-state index contributed by atoms with van der Waals surface area (Å²) in [6.45, 7) is -0.00413. The fraction of sp³-hybridized carbons (Fsp3) is 0.133. The molecular formula is C15H12F3NO2. The number of ether oxygens (including phenoxy) is 1.